The summed E-state index contributed by atoms with van der Waals surface area (Å²) in [6, 6.07) is 9.84. The average molecular weight is 403 g/mol. The van der Waals surface area contributed by atoms with Crippen molar-refractivity contribution in [1.29, 1.82) is 0 Å². The summed E-state index contributed by atoms with van der Waals surface area (Å²) < 4.78 is 39.7. The number of halogens is 1. The van der Waals surface area contributed by atoms with Gasteiger partial charge in [0, 0.05) is 32.4 Å². The molecular formula is C19H18FN3O4S. The number of aliphatic hydroxyl groups is 1. The molecule has 4 rings (SSSR count). The molecule has 0 saturated heterocycles. The predicted octanol–water partition coefficient (Wildman–Crippen LogP) is 1.10. The summed E-state index contributed by atoms with van der Waals surface area (Å²) in [7, 11) is -3.69. The van der Waals surface area contributed by atoms with Crippen LogP contribution in [0.4, 0.5) is 4.39 Å². The van der Waals surface area contributed by atoms with Crippen LogP contribution < -0.4 is 0 Å². The van der Waals surface area contributed by atoms with E-state index in [0.717, 1.165) is 11.1 Å². The third-order valence-electron chi connectivity index (χ3n) is 4.97. The first-order chi connectivity index (χ1) is 13.4. The molecule has 0 bridgehead atoms. The highest BCUT2D eigenvalue weighted by molar-refractivity contribution is 7.89. The molecule has 28 heavy (non-hydrogen) atoms. The second-order valence-electron chi connectivity index (χ2n) is 6.80. The fourth-order valence-electron chi connectivity index (χ4n) is 3.46. The van der Waals surface area contributed by atoms with E-state index in [1.165, 1.54) is 45.7 Å². The summed E-state index contributed by atoms with van der Waals surface area (Å²) in [6.07, 6.45) is 0.0513. The van der Waals surface area contributed by atoms with Crippen LogP contribution in [0.1, 0.15) is 11.7 Å². The summed E-state index contributed by atoms with van der Waals surface area (Å²) >= 11 is 0. The van der Waals surface area contributed by atoms with Crippen molar-refractivity contribution >= 4 is 15.9 Å². The topological polar surface area (TPSA) is 90.8 Å². The van der Waals surface area contributed by atoms with Gasteiger partial charge in [0.2, 0.25) is 0 Å². The van der Waals surface area contributed by atoms with E-state index >= 15 is 0 Å². The molecule has 9 heteroatoms. The molecular weight excluding hydrogens is 385 g/mol. The lowest BCUT2D eigenvalue weighted by Crippen LogP contribution is -2.38. The normalized spacial score (nSPS) is 18.4. The van der Waals surface area contributed by atoms with Crippen molar-refractivity contribution in [3.63, 3.8) is 0 Å². The van der Waals surface area contributed by atoms with Crippen LogP contribution in [0, 0.1) is 5.82 Å². The van der Waals surface area contributed by atoms with Crippen molar-refractivity contribution < 1.29 is 22.7 Å². The molecule has 2 aliphatic heterocycles. The number of rotatable bonds is 4. The van der Waals surface area contributed by atoms with Crippen LogP contribution in [0.2, 0.25) is 0 Å². The van der Waals surface area contributed by atoms with Crippen LogP contribution in [0.15, 0.2) is 64.8 Å². The van der Waals surface area contributed by atoms with Gasteiger partial charge < -0.3 is 10.0 Å². The summed E-state index contributed by atoms with van der Waals surface area (Å²) in [4.78, 5) is 18.0. The van der Waals surface area contributed by atoms with Gasteiger partial charge in [-0.2, -0.15) is 4.31 Å². The smallest absolute Gasteiger partial charge is 0.261 e. The Balaban J connectivity index is 1.42. The number of carbonyl (C=O) groups is 1. The minimum Gasteiger partial charge on any atom is -0.378 e. The van der Waals surface area contributed by atoms with Crippen LogP contribution >= 0.6 is 0 Å². The highest BCUT2D eigenvalue weighted by atomic mass is 32.2. The predicted molar refractivity (Wildman–Crippen MR) is 98.0 cm³/mol. The number of carbonyl (C=O) groups excluding carboxylic acids is 1. The maximum absolute atomic E-state index is 13.0. The molecule has 3 heterocycles. The van der Waals surface area contributed by atoms with Gasteiger partial charge in [-0.05, 0) is 41.0 Å². The van der Waals surface area contributed by atoms with E-state index in [4.69, 9.17) is 0 Å². The van der Waals surface area contributed by atoms with E-state index in [0.29, 0.717) is 5.56 Å². The summed E-state index contributed by atoms with van der Waals surface area (Å²) in [5.41, 5.74) is 2.04. The minimum absolute atomic E-state index is 0.00385. The Kier molecular flexibility index (Phi) is 4.74. The first kappa shape index (κ1) is 18.7. The molecule has 146 valence electrons. The molecule has 1 N–H and O–H groups in total. The van der Waals surface area contributed by atoms with Gasteiger partial charge in [-0.15, -0.1) is 0 Å². The van der Waals surface area contributed by atoms with Crippen molar-refractivity contribution in [2.75, 3.05) is 26.2 Å². The van der Waals surface area contributed by atoms with Gasteiger partial charge in [0.25, 0.3) is 15.9 Å². The summed E-state index contributed by atoms with van der Waals surface area (Å²) in [5.74, 6) is -0.931. The lowest BCUT2D eigenvalue weighted by atomic mass is 10.1. The maximum atomic E-state index is 13.0. The van der Waals surface area contributed by atoms with E-state index in [1.54, 1.807) is 12.1 Å². The van der Waals surface area contributed by atoms with Crippen LogP contribution in [-0.4, -0.2) is 59.8 Å². The molecule has 1 aromatic carbocycles. The number of aliphatic hydroxyl groups excluding tert-OH is 1. The molecule has 7 nitrogen and oxygen atoms in total. The minimum atomic E-state index is -3.69. The van der Waals surface area contributed by atoms with Crippen molar-refractivity contribution in [3.05, 3.63) is 71.2 Å². The van der Waals surface area contributed by atoms with Gasteiger partial charge in [0.1, 0.15) is 5.82 Å². The molecule has 1 aromatic heterocycles. The number of amides is 1. The number of sulfonamides is 1. The van der Waals surface area contributed by atoms with Gasteiger partial charge in [-0.1, -0.05) is 18.2 Å². The van der Waals surface area contributed by atoms with E-state index in [-0.39, 0.29) is 31.2 Å². The average Bonchev–Trinajstić information content (AvgIpc) is 3.28. The molecule has 0 spiro atoms. The van der Waals surface area contributed by atoms with Gasteiger partial charge >= 0.3 is 0 Å². The third kappa shape index (κ3) is 3.32. The zero-order chi connectivity index (χ0) is 19.9. The van der Waals surface area contributed by atoms with Crippen molar-refractivity contribution in [2.24, 2.45) is 0 Å². The number of hydrogen-bond acceptors (Lipinski definition) is 5. The quantitative estimate of drug-likeness (QED) is 0.772. The zero-order valence-corrected chi connectivity index (χ0v) is 15.6. The standard InChI is InChI=1S/C19H18FN3O4S/c20-16-6-4-13(5-7-16)18(24)19(25)22-9-14-11-23(12-15(14)10-22)28(26,27)17-3-1-2-8-21-17/h1-8,18,24H,9-12H2/t18-/m1/s1. The van der Waals surface area contributed by atoms with E-state index in [9.17, 15) is 22.7 Å². The Labute approximate surface area is 161 Å². The third-order valence-corrected chi connectivity index (χ3v) is 6.68. The van der Waals surface area contributed by atoms with Gasteiger partial charge in [-0.3, -0.25) is 4.79 Å². The SMILES string of the molecule is O=C([C@H](O)c1ccc(F)cc1)N1CC2=C(C1)CN(S(=O)(=O)c1ccccn1)C2. The molecule has 2 aromatic rings. The van der Waals surface area contributed by atoms with E-state index < -0.39 is 27.9 Å². The molecule has 1 amide bonds. The highest BCUT2D eigenvalue weighted by Gasteiger charge is 2.39. The monoisotopic (exact) mass is 403 g/mol. The number of hydrogen-bond donors (Lipinski definition) is 1. The number of benzene rings is 1. The fraction of sp³-hybridized carbons (Fsp3) is 0.263. The first-order valence-corrected chi connectivity index (χ1v) is 10.1. The maximum Gasteiger partial charge on any atom is 0.261 e. The molecule has 0 fully saturated rings. The van der Waals surface area contributed by atoms with Gasteiger partial charge in [-0.25, -0.2) is 17.8 Å². The van der Waals surface area contributed by atoms with Crippen LogP contribution in [0.3, 0.4) is 0 Å². The molecule has 0 saturated carbocycles. The molecule has 0 unspecified atom stereocenters. The number of pyridine rings is 1. The Bertz CT molecular complexity index is 1020. The fourth-order valence-corrected chi connectivity index (χ4v) is 4.82. The van der Waals surface area contributed by atoms with Crippen molar-refractivity contribution in [2.45, 2.75) is 11.1 Å². The zero-order valence-electron chi connectivity index (χ0n) is 14.8. The lowest BCUT2D eigenvalue weighted by molar-refractivity contribution is -0.139. The van der Waals surface area contributed by atoms with E-state index in [1.807, 2.05) is 0 Å². The van der Waals surface area contributed by atoms with Crippen LogP contribution in [0.5, 0.6) is 0 Å². The van der Waals surface area contributed by atoms with Crippen molar-refractivity contribution in [1.82, 2.24) is 14.2 Å². The van der Waals surface area contributed by atoms with Crippen LogP contribution in [0.25, 0.3) is 0 Å². The largest absolute Gasteiger partial charge is 0.378 e. The Morgan fingerprint density at radius 3 is 2.25 bits per heavy atom. The Morgan fingerprint density at radius 2 is 1.68 bits per heavy atom. The lowest BCUT2D eigenvalue weighted by Gasteiger charge is -2.24. The molecule has 0 radical (unpaired) electrons. The second kappa shape index (κ2) is 7.08. The van der Waals surface area contributed by atoms with E-state index in [2.05, 4.69) is 4.98 Å². The van der Waals surface area contributed by atoms with Crippen molar-refractivity contribution in [3.8, 4) is 0 Å². The Morgan fingerprint density at radius 1 is 1.04 bits per heavy atom. The van der Waals surface area contributed by atoms with Gasteiger partial charge in [0.05, 0.1) is 0 Å². The highest BCUT2D eigenvalue weighted by Crippen LogP contribution is 2.30. The number of aromatic nitrogens is 1. The van der Waals surface area contributed by atoms with Crippen LogP contribution in [-0.2, 0) is 14.8 Å². The molecule has 2 aliphatic rings. The number of nitrogens with zero attached hydrogens (tertiary/aromatic N) is 3. The summed E-state index contributed by atoms with van der Waals surface area (Å²) in [5, 5.41) is 10.3. The Hall–Kier alpha value is -2.62. The molecule has 1 atom stereocenters. The van der Waals surface area contributed by atoms with Gasteiger partial charge in [0.15, 0.2) is 11.1 Å². The molecule has 0 aliphatic carbocycles. The first-order valence-electron chi connectivity index (χ1n) is 8.69. The summed E-state index contributed by atoms with van der Waals surface area (Å²) in [6.45, 7) is 0.927. The second-order valence-corrected chi connectivity index (χ2v) is 8.68.